The van der Waals surface area contributed by atoms with Crippen LogP contribution >= 0.6 is 0 Å². The predicted molar refractivity (Wildman–Crippen MR) is 89.4 cm³/mol. The Morgan fingerprint density at radius 2 is 1.96 bits per heavy atom. The van der Waals surface area contributed by atoms with Gasteiger partial charge in [-0.05, 0) is 49.2 Å². The quantitative estimate of drug-likeness (QED) is 0.734. The number of carbonyl (C=O) groups is 2. The number of nitrogens with zero attached hydrogens (tertiary/aromatic N) is 5. The fourth-order valence-corrected chi connectivity index (χ4v) is 2.95. The second-order valence-electron chi connectivity index (χ2n) is 6.29. The molecular formula is C17H18F3N5O3. The van der Waals surface area contributed by atoms with E-state index >= 15 is 0 Å². The topological polar surface area (TPSA) is 90.2 Å². The lowest BCUT2D eigenvalue weighted by molar-refractivity contribution is -0.149. The molecule has 28 heavy (non-hydrogen) atoms. The van der Waals surface area contributed by atoms with Gasteiger partial charge < -0.3 is 9.64 Å². The summed E-state index contributed by atoms with van der Waals surface area (Å²) in [5.41, 5.74) is -0.561. The van der Waals surface area contributed by atoms with Gasteiger partial charge in [0.25, 0.3) is 11.7 Å². The molecule has 1 fully saturated rings. The van der Waals surface area contributed by atoms with E-state index in [2.05, 4.69) is 15.4 Å². The highest BCUT2D eigenvalue weighted by Gasteiger charge is 2.32. The van der Waals surface area contributed by atoms with Crippen molar-refractivity contribution in [3.63, 3.8) is 0 Å². The molecule has 0 aliphatic carbocycles. The number of benzene rings is 1. The van der Waals surface area contributed by atoms with E-state index in [4.69, 9.17) is 4.74 Å². The van der Waals surface area contributed by atoms with Crippen LogP contribution in [0.2, 0.25) is 0 Å². The van der Waals surface area contributed by atoms with Gasteiger partial charge in [0, 0.05) is 13.1 Å². The average molecular weight is 397 g/mol. The van der Waals surface area contributed by atoms with Crippen molar-refractivity contribution in [1.29, 1.82) is 0 Å². The van der Waals surface area contributed by atoms with Crippen LogP contribution in [0.5, 0.6) is 0 Å². The molecule has 0 radical (unpaired) electrons. The molecule has 0 bridgehead atoms. The van der Waals surface area contributed by atoms with Gasteiger partial charge in [0.15, 0.2) is 0 Å². The molecular weight excluding hydrogens is 379 g/mol. The SMILES string of the molecule is CCOC(=O)[C@H]1CCCN(C(=O)c2nnn(-c3ccc(C(F)(F)F)cc3)n2)C1. The first-order valence-electron chi connectivity index (χ1n) is 8.73. The third-order valence-corrected chi connectivity index (χ3v) is 4.36. The van der Waals surface area contributed by atoms with Gasteiger partial charge in [0.2, 0.25) is 0 Å². The third-order valence-electron chi connectivity index (χ3n) is 4.36. The van der Waals surface area contributed by atoms with Gasteiger partial charge in [0.05, 0.1) is 23.8 Å². The lowest BCUT2D eigenvalue weighted by atomic mass is 9.98. The Morgan fingerprint density at radius 3 is 2.61 bits per heavy atom. The molecule has 0 N–H and O–H groups in total. The Labute approximate surface area is 158 Å². The molecule has 1 aromatic carbocycles. The average Bonchev–Trinajstić information content (AvgIpc) is 3.17. The second kappa shape index (κ2) is 7.95. The van der Waals surface area contributed by atoms with Gasteiger partial charge in [-0.3, -0.25) is 9.59 Å². The van der Waals surface area contributed by atoms with Crippen LogP contribution < -0.4 is 0 Å². The second-order valence-corrected chi connectivity index (χ2v) is 6.29. The van der Waals surface area contributed by atoms with E-state index in [0.717, 1.165) is 16.9 Å². The van der Waals surface area contributed by atoms with Crippen molar-refractivity contribution in [2.24, 2.45) is 5.92 Å². The molecule has 1 aliphatic rings. The van der Waals surface area contributed by atoms with Crippen molar-refractivity contribution in [2.75, 3.05) is 19.7 Å². The Hall–Kier alpha value is -2.98. The van der Waals surface area contributed by atoms with Gasteiger partial charge in [-0.15, -0.1) is 15.0 Å². The van der Waals surface area contributed by atoms with Gasteiger partial charge >= 0.3 is 12.1 Å². The van der Waals surface area contributed by atoms with Crippen molar-refractivity contribution < 1.29 is 27.5 Å². The van der Waals surface area contributed by atoms with Gasteiger partial charge in [-0.1, -0.05) is 0 Å². The first-order chi connectivity index (χ1) is 13.3. The van der Waals surface area contributed by atoms with E-state index in [9.17, 15) is 22.8 Å². The maximum atomic E-state index is 12.6. The standard InChI is InChI=1S/C17H18F3N5O3/c1-2-28-16(27)11-4-3-9-24(10-11)15(26)14-21-23-25(22-14)13-7-5-12(6-8-13)17(18,19)20/h5-8,11H,2-4,9-10H2,1H3/t11-/m0/s1. The monoisotopic (exact) mass is 397 g/mol. The molecule has 8 nitrogen and oxygen atoms in total. The molecule has 1 atom stereocenters. The number of alkyl halides is 3. The number of piperidine rings is 1. The van der Waals surface area contributed by atoms with E-state index in [1.54, 1.807) is 6.92 Å². The van der Waals surface area contributed by atoms with Crippen LogP contribution in [-0.2, 0) is 15.7 Å². The number of likely N-dealkylation sites (tertiary alicyclic amines) is 1. The molecule has 2 aromatic rings. The minimum atomic E-state index is -4.45. The Bertz CT molecular complexity index is 850. The Kier molecular flexibility index (Phi) is 5.61. The molecule has 11 heteroatoms. The minimum Gasteiger partial charge on any atom is -0.466 e. The van der Waals surface area contributed by atoms with Gasteiger partial charge in [-0.2, -0.15) is 13.2 Å². The van der Waals surface area contributed by atoms with Gasteiger partial charge in [-0.25, -0.2) is 0 Å². The van der Waals surface area contributed by atoms with Crippen LogP contribution in [0.25, 0.3) is 5.69 Å². The molecule has 1 aromatic heterocycles. The summed E-state index contributed by atoms with van der Waals surface area (Å²) in [5.74, 6) is -1.43. The van der Waals surface area contributed by atoms with Crippen LogP contribution in [0.15, 0.2) is 24.3 Å². The number of hydrogen-bond donors (Lipinski definition) is 0. The summed E-state index contributed by atoms with van der Waals surface area (Å²) in [6, 6.07) is 4.18. The van der Waals surface area contributed by atoms with Crippen LogP contribution in [0, 0.1) is 5.92 Å². The number of halogens is 3. The number of amides is 1. The molecule has 1 amide bonds. The molecule has 3 rings (SSSR count). The van der Waals surface area contributed by atoms with E-state index in [0.29, 0.717) is 19.4 Å². The van der Waals surface area contributed by atoms with Crippen molar-refractivity contribution >= 4 is 11.9 Å². The normalized spacial score (nSPS) is 17.4. The molecule has 0 saturated carbocycles. The van der Waals surface area contributed by atoms with E-state index in [-0.39, 0.29) is 30.6 Å². The predicted octanol–water partition coefficient (Wildman–Crippen LogP) is 2.10. The fraction of sp³-hybridized carbons (Fsp3) is 0.471. The third kappa shape index (κ3) is 4.29. The first kappa shape index (κ1) is 19.8. The van der Waals surface area contributed by atoms with Gasteiger partial charge in [0.1, 0.15) is 0 Å². The number of rotatable bonds is 4. The van der Waals surface area contributed by atoms with Crippen molar-refractivity contribution in [1.82, 2.24) is 25.1 Å². The maximum absolute atomic E-state index is 12.6. The van der Waals surface area contributed by atoms with Crippen LogP contribution in [0.1, 0.15) is 35.9 Å². The summed E-state index contributed by atoms with van der Waals surface area (Å²) in [5, 5.41) is 11.4. The highest BCUT2D eigenvalue weighted by Crippen LogP contribution is 2.29. The van der Waals surface area contributed by atoms with Crippen LogP contribution in [0.4, 0.5) is 13.2 Å². The molecule has 1 saturated heterocycles. The first-order valence-corrected chi connectivity index (χ1v) is 8.73. The number of aromatic nitrogens is 4. The molecule has 0 spiro atoms. The number of carbonyl (C=O) groups excluding carboxylic acids is 2. The number of esters is 1. The molecule has 2 heterocycles. The highest BCUT2D eigenvalue weighted by atomic mass is 19.4. The lowest BCUT2D eigenvalue weighted by Crippen LogP contribution is -2.43. The molecule has 0 unspecified atom stereocenters. The van der Waals surface area contributed by atoms with Crippen molar-refractivity contribution in [3.8, 4) is 5.69 Å². The largest absolute Gasteiger partial charge is 0.466 e. The summed E-state index contributed by atoms with van der Waals surface area (Å²) in [6.45, 7) is 2.63. The number of ether oxygens (including phenoxy) is 1. The molecule has 150 valence electrons. The lowest BCUT2D eigenvalue weighted by Gasteiger charge is -2.30. The molecule has 1 aliphatic heterocycles. The fourth-order valence-electron chi connectivity index (χ4n) is 2.95. The summed E-state index contributed by atoms with van der Waals surface area (Å²) in [6.07, 6.45) is -3.17. The maximum Gasteiger partial charge on any atom is 0.416 e. The van der Waals surface area contributed by atoms with E-state index in [1.165, 1.54) is 17.0 Å². The number of hydrogen-bond acceptors (Lipinski definition) is 6. The van der Waals surface area contributed by atoms with Crippen LogP contribution in [0.3, 0.4) is 0 Å². The van der Waals surface area contributed by atoms with Crippen molar-refractivity contribution in [2.45, 2.75) is 25.9 Å². The summed E-state index contributed by atoms with van der Waals surface area (Å²) < 4.78 is 42.9. The summed E-state index contributed by atoms with van der Waals surface area (Å²) in [7, 11) is 0. The number of tetrazole rings is 1. The highest BCUT2D eigenvalue weighted by molar-refractivity contribution is 5.90. The Morgan fingerprint density at radius 1 is 1.25 bits per heavy atom. The van der Waals surface area contributed by atoms with Crippen molar-refractivity contribution in [3.05, 3.63) is 35.7 Å². The summed E-state index contributed by atoms with van der Waals surface area (Å²) >= 11 is 0. The van der Waals surface area contributed by atoms with E-state index < -0.39 is 23.6 Å². The zero-order valence-electron chi connectivity index (χ0n) is 15.0. The van der Waals surface area contributed by atoms with E-state index in [1.807, 2.05) is 0 Å². The van der Waals surface area contributed by atoms with Crippen LogP contribution in [-0.4, -0.2) is 56.7 Å². The zero-order valence-corrected chi connectivity index (χ0v) is 15.0. The zero-order chi connectivity index (χ0) is 20.3. The smallest absolute Gasteiger partial charge is 0.416 e. The summed E-state index contributed by atoms with van der Waals surface area (Å²) in [4.78, 5) is 26.9. The Balaban J connectivity index is 1.71. The minimum absolute atomic E-state index is 0.190.